The van der Waals surface area contributed by atoms with Gasteiger partial charge in [-0.2, -0.15) is 0 Å². The highest BCUT2D eigenvalue weighted by molar-refractivity contribution is 5.75. The fourth-order valence-electron chi connectivity index (χ4n) is 5.35. The number of ether oxygens (including phenoxy) is 1. The SMILES string of the molecule is CC(=O)OCC=C(C)CCC1=C(C)CCC2C(C)(C(=O)O)CCCC12C. The highest BCUT2D eigenvalue weighted by Crippen LogP contribution is 2.60. The largest absolute Gasteiger partial charge is 0.481 e. The number of carboxylic acid groups (broad SMARTS) is 1. The minimum absolute atomic E-state index is 0.0100. The van der Waals surface area contributed by atoms with Crippen molar-refractivity contribution in [1.29, 1.82) is 0 Å². The molecule has 3 atom stereocenters. The lowest BCUT2D eigenvalue weighted by Crippen LogP contribution is -2.50. The molecule has 26 heavy (non-hydrogen) atoms. The molecule has 0 aromatic rings. The van der Waals surface area contributed by atoms with Crippen molar-refractivity contribution in [3.63, 3.8) is 0 Å². The standard InChI is InChI=1S/C22H34O4/c1-15(11-14-26-17(3)23)7-9-18-16(2)8-10-19-21(18,4)12-6-13-22(19,5)20(24)25/h11,19H,6-10,12-14H2,1-5H3,(H,24,25). The van der Waals surface area contributed by atoms with Crippen LogP contribution in [0.5, 0.6) is 0 Å². The summed E-state index contributed by atoms with van der Waals surface area (Å²) in [4.78, 5) is 22.9. The molecule has 1 N–H and O–H groups in total. The Hall–Kier alpha value is -1.58. The van der Waals surface area contributed by atoms with Crippen LogP contribution >= 0.6 is 0 Å². The van der Waals surface area contributed by atoms with Crippen LogP contribution in [0.1, 0.15) is 79.6 Å². The van der Waals surface area contributed by atoms with Gasteiger partial charge in [-0.1, -0.05) is 30.1 Å². The molecule has 1 fully saturated rings. The Labute approximate surface area is 157 Å². The molecule has 4 heteroatoms. The Morgan fingerprint density at radius 1 is 1.27 bits per heavy atom. The van der Waals surface area contributed by atoms with E-state index in [9.17, 15) is 14.7 Å². The summed E-state index contributed by atoms with van der Waals surface area (Å²) >= 11 is 0. The van der Waals surface area contributed by atoms with Gasteiger partial charge in [-0.15, -0.1) is 0 Å². The molecule has 0 aromatic carbocycles. The molecule has 0 amide bonds. The molecule has 2 aliphatic rings. The van der Waals surface area contributed by atoms with E-state index in [0.29, 0.717) is 6.61 Å². The molecule has 0 saturated heterocycles. The quantitative estimate of drug-likeness (QED) is 0.515. The van der Waals surface area contributed by atoms with E-state index in [1.165, 1.54) is 23.6 Å². The molecule has 3 unspecified atom stereocenters. The predicted molar refractivity (Wildman–Crippen MR) is 103 cm³/mol. The number of hydrogen-bond donors (Lipinski definition) is 1. The summed E-state index contributed by atoms with van der Waals surface area (Å²) in [5, 5.41) is 9.90. The number of hydrogen-bond acceptors (Lipinski definition) is 3. The number of allylic oxidation sites excluding steroid dienone is 3. The van der Waals surface area contributed by atoms with Crippen molar-refractivity contribution in [3.8, 4) is 0 Å². The first-order valence-electron chi connectivity index (χ1n) is 9.82. The van der Waals surface area contributed by atoms with E-state index in [2.05, 4.69) is 20.8 Å². The van der Waals surface area contributed by atoms with E-state index in [-0.39, 0.29) is 17.3 Å². The molecule has 0 bridgehead atoms. The number of carbonyl (C=O) groups is 2. The normalized spacial score (nSPS) is 32.2. The Bertz CT molecular complexity index is 630. The van der Waals surface area contributed by atoms with Gasteiger partial charge in [0.1, 0.15) is 6.61 Å². The van der Waals surface area contributed by atoms with Gasteiger partial charge in [0.25, 0.3) is 0 Å². The van der Waals surface area contributed by atoms with E-state index in [4.69, 9.17) is 4.74 Å². The lowest BCUT2D eigenvalue weighted by molar-refractivity contribution is -0.159. The van der Waals surface area contributed by atoms with Crippen LogP contribution in [-0.4, -0.2) is 23.7 Å². The zero-order valence-electron chi connectivity index (χ0n) is 17.0. The van der Waals surface area contributed by atoms with Gasteiger partial charge in [0, 0.05) is 6.92 Å². The van der Waals surface area contributed by atoms with Crippen molar-refractivity contribution in [2.24, 2.45) is 16.7 Å². The second-order valence-electron chi connectivity index (χ2n) is 8.70. The van der Waals surface area contributed by atoms with Gasteiger partial charge in [-0.3, -0.25) is 9.59 Å². The zero-order chi connectivity index (χ0) is 19.5. The van der Waals surface area contributed by atoms with Crippen LogP contribution < -0.4 is 0 Å². The van der Waals surface area contributed by atoms with Gasteiger partial charge in [0.05, 0.1) is 5.41 Å². The maximum Gasteiger partial charge on any atom is 0.309 e. The van der Waals surface area contributed by atoms with Crippen molar-refractivity contribution in [2.75, 3.05) is 6.61 Å². The molecular formula is C22H34O4. The Morgan fingerprint density at radius 3 is 2.58 bits per heavy atom. The van der Waals surface area contributed by atoms with E-state index < -0.39 is 11.4 Å². The predicted octanol–water partition coefficient (Wildman–Crippen LogP) is 5.28. The van der Waals surface area contributed by atoms with Crippen molar-refractivity contribution in [2.45, 2.75) is 79.6 Å². The maximum atomic E-state index is 12.0. The Morgan fingerprint density at radius 2 is 1.96 bits per heavy atom. The first kappa shape index (κ1) is 20.7. The molecule has 2 rings (SSSR count). The first-order chi connectivity index (χ1) is 12.1. The number of carboxylic acids is 1. The van der Waals surface area contributed by atoms with Gasteiger partial charge in [-0.25, -0.2) is 0 Å². The summed E-state index contributed by atoms with van der Waals surface area (Å²) in [7, 11) is 0. The van der Waals surface area contributed by atoms with E-state index in [0.717, 1.165) is 44.9 Å². The summed E-state index contributed by atoms with van der Waals surface area (Å²) in [5.74, 6) is -0.680. The van der Waals surface area contributed by atoms with E-state index in [1.54, 1.807) is 0 Å². The molecule has 0 aliphatic heterocycles. The minimum Gasteiger partial charge on any atom is -0.481 e. The number of rotatable bonds is 6. The lowest BCUT2D eigenvalue weighted by Gasteiger charge is -2.54. The van der Waals surface area contributed by atoms with E-state index >= 15 is 0 Å². The van der Waals surface area contributed by atoms with Gasteiger partial charge < -0.3 is 9.84 Å². The molecule has 4 nitrogen and oxygen atoms in total. The summed E-state index contributed by atoms with van der Waals surface area (Å²) in [6.45, 7) is 10.3. The fraction of sp³-hybridized carbons (Fsp3) is 0.727. The molecule has 0 radical (unpaired) electrons. The van der Waals surface area contributed by atoms with Gasteiger partial charge in [0.2, 0.25) is 0 Å². The summed E-state index contributed by atoms with van der Waals surface area (Å²) in [6.07, 6.45) is 8.72. The smallest absolute Gasteiger partial charge is 0.309 e. The van der Waals surface area contributed by atoms with Crippen molar-refractivity contribution in [1.82, 2.24) is 0 Å². The van der Waals surface area contributed by atoms with Gasteiger partial charge in [0.15, 0.2) is 0 Å². The molecule has 2 aliphatic carbocycles. The number of fused-ring (bicyclic) bond motifs is 1. The first-order valence-corrected chi connectivity index (χ1v) is 9.82. The van der Waals surface area contributed by atoms with Crippen molar-refractivity contribution < 1.29 is 19.4 Å². The van der Waals surface area contributed by atoms with E-state index in [1.807, 2.05) is 13.0 Å². The number of carbonyl (C=O) groups excluding carboxylic acids is 1. The van der Waals surface area contributed by atoms with Gasteiger partial charge in [-0.05, 0) is 76.7 Å². The lowest BCUT2D eigenvalue weighted by atomic mass is 9.49. The number of esters is 1. The average Bonchev–Trinajstić information content (AvgIpc) is 2.53. The van der Waals surface area contributed by atoms with Crippen LogP contribution in [0.15, 0.2) is 22.8 Å². The number of aliphatic carboxylic acids is 1. The second-order valence-corrected chi connectivity index (χ2v) is 8.70. The summed E-state index contributed by atoms with van der Waals surface area (Å²) < 4.78 is 4.99. The van der Waals surface area contributed by atoms with Crippen LogP contribution in [0, 0.1) is 16.7 Å². The third-order valence-corrected chi connectivity index (χ3v) is 6.92. The second kappa shape index (κ2) is 7.98. The molecule has 0 heterocycles. The fourth-order valence-corrected chi connectivity index (χ4v) is 5.35. The third-order valence-electron chi connectivity index (χ3n) is 6.92. The van der Waals surface area contributed by atoms with Crippen LogP contribution in [-0.2, 0) is 14.3 Å². The highest BCUT2D eigenvalue weighted by atomic mass is 16.5. The minimum atomic E-state index is -0.634. The Kier molecular flexibility index (Phi) is 6.36. The molecule has 0 aromatic heterocycles. The maximum absolute atomic E-state index is 12.0. The molecule has 0 spiro atoms. The van der Waals surface area contributed by atoms with Crippen LogP contribution in [0.4, 0.5) is 0 Å². The van der Waals surface area contributed by atoms with Crippen LogP contribution in [0.3, 0.4) is 0 Å². The van der Waals surface area contributed by atoms with Crippen LogP contribution in [0.25, 0.3) is 0 Å². The summed E-state index contributed by atoms with van der Waals surface area (Å²) in [6, 6.07) is 0. The third kappa shape index (κ3) is 4.05. The van der Waals surface area contributed by atoms with Gasteiger partial charge >= 0.3 is 11.9 Å². The molecular weight excluding hydrogens is 328 g/mol. The Balaban J connectivity index is 2.17. The van der Waals surface area contributed by atoms with Crippen molar-refractivity contribution >= 4 is 11.9 Å². The molecule has 1 saturated carbocycles. The summed E-state index contributed by atoms with van der Waals surface area (Å²) in [5.41, 5.74) is 3.52. The van der Waals surface area contributed by atoms with Crippen LogP contribution in [0.2, 0.25) is 0 Å². The average molecular weight is 363 g/mol. The topological polar surface area (TPSA) is 63.6 Å². The zero-order valence-corrected chi connectivity index (χ0v) is 17.0. The molecule has 146 valence electrons. The van der Waals surface area contributed by atoms with Crippen molar-refractivity contribution in [3.05, 3.63) is 22.8 Å². The highest BCUT2D eigenvalue weighted by Gasteiger charge is 2.55. The monoisotopic (exact) mass is 362 g/mol.